The minimum Gasteiger partial charge on any atom is -0.323 e. The normalized spacial score (nSPS) is 16.1. The number of fused-ring (bicyclic) bond motifs is 1. The van der Waals surface area contributed by atoms with E-state index in [0.29, 0.717) is 22.4 Å². The minimum absolute atomic E-state index is 0.0724. The van der Waals surface area contributed by atoms with Gasteiger partial charge in [0.15, 0.2) is 5.16 Å². The molecular weight excluding hydrogens is 328 g/mol. The Morgan fingerprint density at radius 1 is 1.52 bits per heavy atom. The number of aryl methyl sites for hydroxylation is 1. The molecule has 2 heterocycles. The van der Waals surface area contributed by atoms with Crippen LogP contribution in [0.3, 0.4) is 0 Å². The number of nitrogens with one attached hydrogen (secondary N) is 1. The highest BCUT2D eigenvalue weighted by Gasteiger charge is 2.26. The number of imidazole rings is 1. The Hall–Kier alpha value is -1.78. The van der Waals surface area contributed by atoms with Gasteiger partial charge in [-0.05, 0) is 37.7 Å². The Morgan fingerprint density at radius 3 is 3.17 bits per heavy atom. The number of carbonyl (C=O) groups excluding carboxylic acids is 1. The molecule has 1 amide bonds. The average Bonchev–Trinajstić information content (AvgIpc) is 2.96. The Morgan fingerprint density at radius 2 is 2.39 bits per heavy atom. The van der Waals surface area contributed by atoms with Gasteiger partial charge in [-0.3, -0.25) is 4.79 Å². The standard InChI is InChI=1S/C16H16N4OS2/c17-8-12-11-2-1-3-13(11)23-15(12)19-14(21)9-22-16-18-6-7-20(16)10-4-5-10/h6-7,10H,1-5,9H2,(H,19,21). The number of carbonyl (C=O) groups is 1. The van der Waals surface area contributed by atoms with Crippen LogP contribution < -0.4 is 5.32 Å². The van der Waals surface area contributed by atoms with Gasteiger partial charge in [0.05, 0.1) is 11.3 Å². The molecule has 4 rings (SSSR count). The van der Waals surface area contributed by atoms with Crippen LogP contribution in [0, 0.1) is 11.3 Å². The second kappa shape index (κ2) is 6.02. The molecule has 2 aromatic heterocycles. The molecule has 118 valence electrons. The molecule has 0 bridgehead atoms. The third-order valence-electron chi connectivity index (χ3n) is 4.19. The SMILES string of the molecule is N#Cc1c(NC(=O)CSc2nccn2C2CC2)sc2c1CCC2. The van der Waals surface area contributed by atoms with E-state index in [-0.39, 0.29) is 5.91 Å². The molecule has 23 heavy (non-hydrogen) atoms. The van der Waals surface area contributed by atoms with Gasteiger partial charge >= 0.3 is 0 Å². The van der Waals surface area contributed by atoms with Crippen LogP contribution in [-0.2, 0) is 17.6 Å². The predicted octanol–water partition coefficient (Wildman–Crippen LogP) is 3.37. The van der Waals surface area contributed by atoms with E-state index in [1.807, 2.05) is 6.20 Å². The molecule has 2 aliphatic carbocycles. The number of anilines is 1. The summed E-state index contributed by atoms with van der Waals surface area (Å²) in [5.41, 5.74) is 1.81. The lowest BCUT2D eigenvalue weighted by molar-refractivity contribution is -0.113. The first-order chi connectivity index (χ1) is 11.3. The average molecular weight is 344 g/mol. The molecule has 0 aliphatic heterocycles. The highest BCUT2D eigenvalue weighted by atomic mass is 32.2. The van der Waals surface area contributed by atoms with E-state index in [0.717, 1.165) is 30.0 Å². The highest BCUT2D eigenvalue weighted by Crippen LogP contribution is 2.39. The summed E-state index contributed by atoms with van der Waals surface area (Å²) in [5, 5.41) is 13.9. The summed E-state index contributed by atoms with van der Waals surface area (Å²) in [7, 11) is 0. The van der Waals surface area contributed by atoms with Crippen LogP contribution in [0.1, 0.15) is 41.3 Å². The molecule has 7 heteroatoms. The van der Waals surface area contributed by atoms with Gasteiger partial charge in [-0.2, -0.15) is 5.26 Å². The zero-order valence-electron chi connectivity index (χ0n) is 12.5. The maximum Gasteiger partial charge on any atom is 0.235 e. The lowest BCUT2D eigenvalue weighted by Gasteiger charge is -2.06. The summed E-state index contributed by atoms with van der Waals surface area (Å²) in [4.78, 5) is 17.8. The Kier molecular flexibility index (Phi) is 3.87. The number of nitrogens with zero attached hydrogens (tertiary/aromatic N) is 3. The van der Waals surface area contributed by atoms with E-state index in [1.165, 1.54) is 29.5 Å². The van der Waals surface area contributed by atoms with Crippen molar-refractivity contribution in [3.05, 3.63) is 28.4 Å². The summed E-state index contributed by atoms with van der Waals surface area (Å²) in [5.74, 6) is 0.244. The van der Waals surface area contributed by atoms with Crippen molar-refractivity contribution in [2.24, 2.45) is 0 Å². The molecular formula is C16H16N4OS2. The van der Waals surface area contributed by atoms with Crippen molar-refractivity contribution in [3.8, 4) is 6.07 Å². The summed E-state index contributed by atoms with van der Waals surface area (Å²) in [6.07, 6.45) is 9.26. The lowest BCUT2D eigenvalue weighted by atomic mass is 10.1. The van der Waals surface area contributed by atoms with Crippen molar-refractivity contribution < 1.29 is 4.79 Å². The van der Waals surface area contributed by atoms with E-state index in [9.17, 15) is 10.1 Å². The fourth-order valence-electron chi connectivity index (χ4n) is 2.95. The molecule has 1 N–H and O–H groups in total. The first kappa shape index (κ1) is 14.8. The summed E-state index contributed by atoms with van der Waals surface area (Å²) >= 11 is 3.01. The monoisotopic (exact) mass is 344 g/mol. The summed E-state index contributed by atoms with van der Waals surface area (Å²) < 4.78 is 2.15. The summed E-state index contributed by atoms with van der Waals surface area (Å²) in [6, 6.07) is 2.82. The van der Waals surface area contributed by atoms with Crippen LogP contribution in [0.15, 0.2) is 17.6 Å². The number of nitriles is 1. The number of thioether (sulfide) groups is 1. The zero-order valence-corrected chi connectivity index (χ0v) is 14.2. The molecule has 0 spiro atoms. The van der Waals surface area contributed by atoms with Gasteiger partial charge in [0.25, 0.3) is 0 Å². The first-order valence-electron chi connectivity index (χ1n) is 7.76. The zero-order chi connectivity index (χ0) is 15.8. The number of rotatable bonds is 5. The first-order valence-corrected chi connectivity index (χ1v) is 9.56. The largest absolute Gasteiger partial charge is 0.323 e. The van der Waals surface area contributed by atoms with Gasteiger partial charge in [-0.1, -0.05) is 11.8 Å². The molecule has 1 fully saturated rings. The number of amides is 1. The van der Waals surface area contributed by atoms with E-state index in [2.05, 4.69) is 20.9 Å². The molecule has 0 saturated heterocycles. The van der Waals surface area contributed by atoms with Crippen LogP contribution >= 0.6 is 23.1 Å². The molecule has 5 nitrogen and oxygen atoms in total. The second-order valence-corrected chi connectivity index (χ2v) is 7.91. The molecule has 2 aromatic rings. The second-order valence-electron chi connectivity index (χ2n) is 5.86. The maximum absolute atomic E-state index is 12.2. The van der Waals surface area contributed by atoms with Crippen molar-refractivity contribution in [1.82, 2.24) is 9.55 Å². The highest BCUT2D eigenvalue weighted by molar-refractivity contribution is 7.99. The molecule has 0 atom stereocenters. The predicted molar refractivity (Wildman–Crippen MR) is 90.9 cm³/mol. The third-order valence-corrected chi connectivity index (χ3v) is 6.38. The molecule has 0 radical (unpaired) electrons. The number of hydrogen-bond acceptors (Lipinski definition) is 5. The van der Waals surface area contributed by atoms with Crippen molar-refractivity contribution in [1.29, 1.82) is 5.26 Å². The molecule has 2 aliphatic rings. The van der Waals surface area contributed by atoms with Gasteiger partial charge in [0.1, 0.15) is 11.1 Å². The topological polar surface area (TPSA) is 70.7 Å². The quantitative estimate of drug-likeness (QED) is 0.844. The van der Waals surface area contributed by atoms with Crippen molar-refractivity contribution in [2.75, 3.05) is 11.1 Å². The van der Waals surface area contributed by atoms with Crippen LogP contribution in [0.4, 0.5) is 5.00 Å². The van der Waals surface area contributed by atoms with Crippen LogP contribution in [-0.4, -0.2) is 21.2 Å². The molecule has 0 unspecified atom stereocenters. The van der Waals surface area contributed by atoms with Gasteiger partial charge in [0.2, 0.25) is 5.91 Å². The van der Waals surface area contributed by atoms with E-state index >= 15 is 0 Å². The number of thiophene rings is 1. The van der Waals surface area contributed by atoms with Crippen molar-refractivity contribution in [3.63, 3.8) is 0 Å². The summed E-state index contributed by atoms with van der Waals surface area (Å²) in [6.45, 7) is 0. The van der Waals surface area contributed by atoms with Crippen LogP contribution in [0.5, 0.6) is 0 Å². The Bertz CT molecular complexity index is 798. The molecule has 0 aromatic carbocycles. The van der Waals surface area contributed by atoms with Crippen LogP contribution in [0.2, 0.25) is 0 Å². The van der Waals surface area contributed by atoms with Gasteiger partial charge in [-0.25, -0.2) is 4.98 Å². The Labute approximate surface area is 142 Å². The van der Waals surface area contributed by atoms with Crippen molar-refractivity contribution >= 4 is 34.0 Å². The molecule has 1 saturated carbocycles. The number of hydrogen-bond donors (Lipinski definition) is 1. The third kappa shape index (κ3) is 2.89. The fourth-order valence-corrected chi connectivity index (χ4v) is 5.03. The smallest absolute Gasteiger partial charge is 0.235 e. The minimum atomic E-state index is -0.0724. The van der Waals surface area contributed by atoms with E-state index in [1.54, 1.807) is 17.5 Å². The van der Waals surface area contributed by atoms with Crippen LogP contribution in [0.25, 0.3) is 0 Å². The van der Waals surface area contributed by atoms with Gasteiger partial charge in [-0.15, -0.1) is 11.3 Å². The van der Waals surface area contributed by atoms with Crippen molar-refractivity contribution in [2.45, 2.75) is 43.3 Å². The maximum atomic E-state index is 12.2. The van der Waals surface area contributed by atoms with E-state index in [4.69, 9.17) is 0 Å². The van der Waals surface area contributed by atoms with Gasteiger partial charge in [0, 0.05) is 23.3 Å². The Balaban J connectivity index is 1.41. The fraction of sp³-hybridized carbons (Fsp3) is 0.438. The number of aromatic nitrogens is 2. The lowest BCUT2D eigenvalue weighted by Crippen LogP contribution is -2.14. The van der Waals surface area contributed by atoms with E-state index < -0.39 is 0 Å². The van der Waals surface area contributed by atoms with Gasteiger partial charge < -0.3 is 9.88 Å².